The number of methoxy groups -OCH3 is 1. The van der Waals surface area contributed by atoms with Crippen molar-refractivity contribution in [3.63, 3.8) is 0 Å². The number of rotatable bonds is 3. The molecule has 3 N–H and O–H groups in total. The molecule has 1 heterocycles. The monoisotopic (exact) mass is 371 g/mol. The Morgan fingerprint density at radius 1 is 1.22 bits per heavy atom. The smallest absolute Gasteiger partial charge is 0.121 e. The minimum Gasteiger partial charge on any atom is -0.497 e. The van der Waals surface area contributed by atoms with Gasteiger partial charge in [0.05, 0.1) is 34.8 Å². The zero-order valence-electron chi connectivity index (χ0n) is 9.58. The first-order chi connectivity index (χ1) is 8.61. The Labute approximate surface area is 122 Å². The summed E-state index contributed by atoms with van der Waals surface area (Å²) in [5.74, 6) is 0.768. The average Bonchev–Trinajstić information content (AvgIpc) is 2.36. The topological polar surface area (TPSA) is 60.2 Å². The fourth-order valence-electron chi connectivity index (χ4n) is 1.44. The summed E-state index contributed by atoms with van der Waals surface area (Å²) in [5, 5.41) is 3.24. The normalized spacial score (nSPS) is 10.2. The summed E-state index contributed by atoms with van der Waals surface area (Å²) in [6.45, 7) is 0. The van der Waals surface area contributed by atoms with Gasteiger partial charge < -0.3 is 15.8 Å². The van der Waals surface area contributed by atoms with E-state index in [1.54, 1.807) is 19.5 Å². The van der Waals surface area contributed by atoms with Crippen LogP contribution in [0.25, 0.3) is 0 Å². The lowest BCUT2D eigenvalue weighted by atomic mass is 10.2. The molecular formula is C12H11Br2N3O. The molecule has 18 heavy (non-hydrogen) atoms. The number of hydrogen-bond donors (Lipinski definition) is 2. The first kappa shape index (κ1) is 13.2. The van der Waals surface area contributed by atoms with Crippen LogP contribution in [0.5, 0.6) is 5.75 Å². The van der Waals surface area contributed by atoms with Crippen molar-refractivity contribution in [2.45, 2.75) is 0 Å². The minimum absolute atomic E-state index is 0.569. The molecule has 0 saturated heterocycles. The van der Waals surface area contributed by atoms with E-state index >= 15 is 0 Å². The Balaban J connectivity index is 2.39. The van der Waals surface area contributed by atoms with Crippen LogP contribution < -0.4 is 15.8 Å². The summed E-state index contributed by atoms with van der Waals surface area (Å²) in [4.78, 5) is 3.99. The van der Waals surface area contributed by atoms with Gasteiger partial charge in [-0.1, -0.05) is 0 Å². The Hall–Kier alpha value is -1.27. The second-order valence-corrected chi connectivity index (χ2v) is 5.27. The number of benzene rings is 1. The lowest BCUT2D eigenvalue weighted by molar-refractivity contribution is 0.415. The molecule has 0 amide bonds. The standard InChI is InChI=1S/C12H11Br2N3O/c1-18-7-2-3-8(13)11(4-7)17-12-9(14)5-16-6-10(12)15/h2-6H,15H2,1H3,(H,16,17). The third-order valence-electron chi connectivity index (χ3n) is 2.36. The van der Waals surface area contributed by atoms with E-state index < -0.39 is 0 Å². The van der Waals surface area contributed by atoms with Gasteiger partial charge in [0.1, 0.15) is 5.75 Å². The van der Waals surface area contributed by atoms with Gasteiger partial charge in [-0.3, -0.25) is 4.98 Å². The number of ether oxygens (including phenoxy) is 1. The van der Waals surface area contributed by atoms with Gasteiger partial charge in [0.2, 0.25) is 0 Å². The van der Waals surface area contributed by atoms with E-state index in [4.69, 9.17) is 10.5 Å². The van der Waals surface area contributed by atoms with Gasteiger partial charge in [0.15, 0.2) is 0 Å². The van der Waals surface area contributed by atoms with Crippen molar-refractivity contribution in [2.75, 3.05) is 18.2 Å². The van der Waals surface area contributed by atoms with E-state index in [0.717, 1.165) is 26.1 Å². The SMILES string of the molecule is COc1ccc(Br)c(Nc2c(N)cncc2Br)c1. The van der Waals surface area contributed by atoms with Gasteiger partial charge in [-0.05, 0) is 44.0 Å². The molecule has 94 valence electrons. The number of nitrogens with one attached hydrogen (secondary N) is 1. The Bertz CT molecular complexity index is 555. The summed E-state index contributed by atoms with van der Waals surface area (Å²) in [5.41, 5.74) is 8.10. The predicted molar refractivity (Wildman–Crippen MR) is 80.3 cm³/mol. The van der Waals surface area contributed by atoms with Crippen LogP contribution in [0.1, 0.15) is 0 Å². The number of aromatic nitrogens is 1. The van der Waals surface area contributed by atoms with Gasteiger partial charge in [0.25, 0.3) is 0 Å². The summed E-state index contributed by atoms with van der Waals surface area (Å²) in [6.07, 6.45) is 3.29. The van der Waals surface area contributed by atoms with E-state index in [1.165, 1.54) is 0 Å². The molecule has 0 radical (unpaired) electrons. The zero-order chi connectivity index (χ0) is 13.1. The maximum Gasteiger partial charge on any atom is 0.121 e. The van der Waals surface area contributed by atoms with Crippen LogP contribution in [-0.4, -0.2) is 12.1 Å². The summed E-state index contributed by atoms with van der Waals surface area (Å²) < 4.78 is 6.92. The first-order valence-electron chi connectivity index (χ1n) is 5.11. The number of nitrogen functional groups attached to an aromatic ring is 1. The van der Waals surface area contributed by atoms with E-state index in [0.29, 0.717) is 5.69 Å². The molecule has 0 aliphatic heterocycles. The summed E-state index contributed by atoms with van der Waals surface area (Å²) in [6, 6.07) is 5.67. The Kier molecular flexibility index (Phi) is 4.08. The molecule has 0 atom stereocenters. The van der Waals surface area contributed by atoms with Crippen molar-refractivity contribution < 1.29 is 4.74 Å². The number of halogens is 2. The van der Waals surface area contributed by atoms with Gasteiger partial charge in [-0.15, -0.1) is 0 Å². The molecule has 0 fully saturated rings. The molecule has 2 rings (SSSR count). The van der Waals surface area contributed by atoms with E-state index in [1.807, 2.05) is 18.2 Å². The number of anilines is 3. The number of hydrogen-bond acceptors (Lipinski definition) is 4. The molecule has 1 aromatic carbocycles. The van der Waals surface area contributed by atoms with E-state index in [2.05, 4.69) is 42.2 Å². The molecule has 0 saturated carbocycles. The largest absolute Gasteiger partial charge is 0.497 e. The molecule has 1 aromatic heterocycles. The molecule has 0 unspecified atom stereocenters. The first-order valence-corrected chi connectivity index (χ1v) is 6.70. The predicted octanol–water partition coefficient (Wildman–Crippen LogP) is 3.94. The second-order valence-electron chi connectivity index (χ2n) is 3.56. The highest BCUT2D eigenvalue weighted by Crippen LogP contribution is 2.35. The number of nitrogens with zero attached hydrogens (tertiary/aromatic N) is 1. The van der Waals surface area contributed by atoms with Crippen molar-refractivity contribution in [3.05, 3.63) is 39.5 Å². The van der Waals surface area contributed by atoms with Crippen molar-refractivity contribution in [3.8, 4) is 5.75 Å². The van der Waals surface area contributed by atoms with Crippen molar-refractivity contribution in [1.29, 1.82) is 0 Å². The Morgan fingerprint density at radius 2 is 2.00 bits per heavy atom. The van der Waals surface area contributed by atoms with Crippen LogP contribution in [-0.2, 0) is 0 Å². The van der Waals surface area contributed by atoms with Crippen LogP contribution >= 0.6 is 31.9 Å². The third-order valence-corrected chi connectivity index (χ3v) is 3.65. The van der Waals surface area contributed by atoms with Crippen LogP contribution in [0.3, 0.4) is 0 Å². The van der Waals surface area contributed by atoms with Gasteiger partial charge in [0, 0.05) is 16.7 Å². The van der Waals surface area contributed by atoms with Crippen LogP contribution in [0.15, 0.2) is 39.5 Å². The zero-order valence-corrected chi connectivity index (χ0v) is 12.7. The highest BCUT2D eigenvalue weighted by atomic mass is 79.9. The van der Waals surface area contributed by atoms with Gasteiger partial charge in [-0.25, -0.2) is 0 Å². The molecular weight excluding hydrogens is 362 g/mol. The molecule has 0 aliphatic carbocycles. The molecule has 0 bridgehead atoms. The van der Waals surface area contributed by atoms with Crippen LogP contribution in [0.2, 0.25) is 0 Å². The van der Waals surface area contributed by atoms with Crippen LogP contribution in [0.4, 0.5) is 17.1 Å². The van der Waals surface area contributed by atoms with Crippen LogP contribution in [0, 0.1) is 0 Å². The highest BCUT2D eigenvalue weighted by molar-refractivity contribution is 9.11. The maximum atomic E-state index is 5.89. The van der Waals surface area contributed by atoms with Crippen molar-refractivity contribution >= 4 is 48.9 Å². The molecule has 4 nitrogen and oxygen atoms in total. The second kappa shape index (κ2) is 5.58. The quantitative estimate of drug-likeness (QED) is 0.856. The molecule has 0 aliphatic rings. The maximum absolute atomic E-state index is 5.89. The van der Waals surface area contributed by atoms with Crippen molar-refractivity contribution in [2.24, 2.45) is 0 Å². The molecule has 2 aromatic rings. The number of nitrogens with two attached hydrogens (primary N) is 1. The fraction of sp³-hybridized carbons (Fsp3) is 0.0833. The third kappa shape index (κ3) is 2.76. The average molecular weight is 373 g/mol. The fourth-order valence-corrected chi connectivity index (χ4v) is 2.24. The van der Waals surface area contributed by atoms with Crippen molar-refractivity contribution in [1.82, 2.24) is 4.98 Å². The lowest BCUT2D eigenvalue weighted by Crippen LogP contribution is -1.99. The van der Waals surface area contributed by atoms with Gasteiger partial charge in [-0.2, -0.15) is 0 Å². The van der Waals surface area contributed by atoms with Gasteiger partial charge >= 0.3 is 0 Å². The minimum atomic E-state index is 0.569. The molecule has 6 heteroatoms. The van der Waals surface area contributed by atoms with E-state index in [-0.39, 0.29) is 0 Å². The Morgan fingerprint density at radius 3 is 2.67 bits per heavy atom. The summed E-state index contributed by atoms with van der Waals surface area (Å²) in [7, 11) is 1.63. The molecule has 0 spiro atoms. The number of pyridine rings is 1. The highest BCUT2D eigenvalue weighted by Gasteiger charge is 2.08. The van der Waals surface area contributed by atoms with E-state index in [9.17, 15) is 0 Å². The summed E-state index contributed by atoms with van der Waals surface area (Å²) >= 11 is 6.89. The lowest BCUT2D eigenvalue weighted by Gasteiger charge is -2.13.